The summed E-state index contributed by atoms with van der Waals surface area (Å²) in [5.41, 5.74) is 0. The third-order valence-corrected chi connectivity index (χ3v) is 2.89. The molecule has 0 fully saturated rings. The molecule has 2 aromatic rings. The van der Waals surface area contributed by atoms with E-state index in [1.54, 1.807) is 6.07 Å². The Hall–Kier alpha value is -1.21. The maximum atomic E-state index is 5.66. The molecular formula is C10H9ClN2O3S. The molecule has 7 heteroatoms. The Kier molecular flexibility index (Phi) is 4.27. The predicted molar refractivity (Wildman–Crippen MR) is 63.2 cm³/mol. The molecule has 0 aliphatic rings. The van der Waals surface area contributed by atoms with Crippen LogP contribution in [0.2, 0.25) is 5.28 Å². The first-order valence-electron chi connectivity index (χ1n) is 4.68. The lowest BCUT2D eigenvalue weighted by Gasteiger charge is -2.05. The lowest BCUT2D eigenvalue weighted by Crippen LogP contribution is -1.93. The number of rotatable bonds is 5. The molecule has 0 atom stereocenters. The first kappa shape index (κ1) is 12.3. The van der Waals surface area contributed by atoms with Crippen molar-refractivity contribution in [2.45, 2.75) is 6.61 Å². The Morgan fingerprint density at radius 2 is 2.29 bits per heavy atom. The quantitative estimate of drug-likeness (QED) is 0.476. The molecular weight excluding hydrogens is 264 g/mol. The standard InChI is InChI=1S/C10H9ClN2O3S/c1-14-15-6-8-7(3-5-17-8)16-9-2-4-12-10(11)13-9/h2-5H,6H2,1H3. The fourth-order valence-electron chi connectivity index (χ4n) is 1.13. The van der Waals surface area contributed by atoms with Crippen molar-refractivity contribution in [1.29, 1.82) is 0 Å². The number of hydrogen-bond acceptors (Lipinski definition) is 6. The normalized spacial score (nSPS) is 10.5. The monoisotopic (exact) mass is 272 g/mol. The van der Waals surface area contributed by atoms with Crippen LogP contribution in [0.3, 0.4) is 0 Å². The molecule has 0 amide bonds. The second-order valence-corrected chi connectivity index (χ2v) is 4.24. The number of ether oxygens (including phenoxy) is 1. The molecule has 0 spiro atoms. The van der Waals surface area contributed by atoms with E-state index in [1.807, 2.05) is 11.4 Å². The molecule has 0 saturated carbocycles. The van der Waals surface area contributed by atoms with E-state index in [0.717, 1.165) is 4.88 Å². The number of nitrogens with zero attached hydrogens (tertiary/aromatic N) is 2. The summed E-state index contributed by atoms with van der Waals surface area (Å²) in [4.78, 5) is 18.0. The van der Waals surface area contributed by atoms with Gasteiger partial charge in [-0.1, -0.05) is 0 Å². The summed E-state index contributed by atoms with van der Waals surface area (Å²) in [5, 5.41) is 2.04. The molecule has 0 radical (unpaired) electrons. The molecule has 17 heavy (non-hydrogen) atoms. The van der Waals surface area contributed by atoms with Crippen LogP contribution in [-0.2, 0) is 16.4 Å². The minimum atomic E-state index is 0.146. The van der Waals surface area contributed by atoms with Crippen LogP contribution < -0.4 is 4.74 Å². The third kappa shape index (κ3) is 3.37. The Morgan fingerprint density at radius 3 is 3.06 bits per heavy atom. The minimum absolute atomic E-state index is 0.146. The molecule has 2 rings (SSSR count). The second kappa shape index (κ2) is 5.92. The molecule has 2 aromatic heterocycles. The topological polar surface area (TPSA) is 53.5 Å². The molecule has 0 N–H and O–H groups in total. The van der Waals surface area contributed by atoms with Crippen LogP contribution in [0, 0.1) is 0 Å². The lowest BCUT2D eigenvalue weighted by molar-refractivity contribution is -0.281. The number of hydrogen-bond donors (Lipinski definition) is 0. The minimum Gasteiger partial charge on any atom is -0.438 e. The summed E-state index contributed by atoms with van der Waals surface area (Å²) >= 11 is 7.17. The first-order chi connectivity index (χ1) is 8.29. The predicted octanol–water partition coefficient (Wildman–Crippen LogP) is 3.06. The molecule has 0 saturated heterocycles. The highest BCUT2D eigenvalue weighted by molar-refractivity contribution is 7.10. The van der Waals surface area contributed by atoms with Crippen LogP contribution in [0.1, 0.15) is 4.88 Å². The highest BCUT2D eigenvalue weighted by Gasteiger charge is 2.08. The maximum Gasteiger partial charge on any atom is 0.225 e. The molecule has 0 aromatic carbocycles. The van der Waals surface area contributed by atoms with Gasteiger partial charge in [0, 0.05) is 12.3 Å². The van der Waals surface area contributed by atoms with Gasteiger partial charge in [-0.2, -0.15) is 4.98 Å². The highest BCUT2D eigenvalue weighted by atomic mass is 35.5. The van der Waals surface area contributed by atoms with E-state index in [-0.39, 0.29) is 5.28 Å². The van der Waals surface area contributed by atoms with Crippen molar-refractivity contribution >= 4 is 22.9 Å². The van der Waals surface area contributed by atoms with Gasteiger partial charge in [0.25, 0.3) is 0 Å². The zero-order chi connectivity index (χ0) is 12.1. The van der Waals surface area contributed by atoms with E-state index in [0.29, 0.717) is 18.2 Å². The third-order valence-electron chi connectivity index (χ3n) is 1.83. The van der Waals surface area contributed by atoms with Gasteiger partial charge in [-0.05, 0) is 23.0 Å². The zero-order valence-corrected chi connectivity index (χ0v) is 10.5. The fraction of sp³-hybridized carbons (Fsp3) is 0.200. The Bertz CT molecular complexity index is 492. The average molecular weight is 273 g/mol. The van der Waals surface area contributed by atoms with E-state index in [1.165, 1.54) is 24.6 Å². The van der Waals surface area contributed by atoms with Crippen LogP contribution in [-0.4, -0.2) is 17.1 Å². The van der Waals surface area contributed by atoms with Crippen LogP contribution in [0.25, 0.3) is 0 Å². The summed E-state index contributed by atoms with van der Waals surface area (Å²) < 4.78 is 5.57. The van der Waals surface area contributed by atoms with Crippen LogP contribution in [0.5, 0.6) is 11.6 Å². The molecule has 5 nitrogen and oxygen atoms in total. The van der Waals surface area contributed by atoms with Crippen molar-refractivity contribution in [2.75, 3.05) is 7.11 Å². The summed E-state index contributed by atoms with van der Waals surface area (Å²) in [7, 11) is 1.46. The van der Waals surface area contributed by atoms with Gasteiger partial charge in [-0.3, -0.25) is 0 Å². The molecule has 0 bridgehead atoms. The van der Waals surface area contributed by atoms with E-state index in [4.69, 9.17) is 21.2 Å². The van der Waals surface area contributed by atoms with E-state index in [9.17, 15) is 0 Å². The highest BCUT2D eigenvalue weighted by Crippen LogP contribution is 2.29. The van der Waals surface area contributed by atoms with Crippen molar-refractivity contribution in [1.82, 2.24) is 9.97 Å². The SMILES string of the molecule is COOCc1sccc1Oc1ccnc(Cl)n1. The van der Waals surface area contributed by atoms with Gasteiger partial charge in [0.2, 0.25) is 11.2 Å². The number of aromatic nitrogens is 2. The van der Waals surface area contributed by atoms with Gasteiger partial charge in [-0.25, -0.2) is 14.8 Å². The molecule has 2 heterocycles. The largest absolute Gasteiger partial charge is 0.438 e. The van der Waals surface area contributed by atoms with Gasteiger partial charge in [0.1, 0.15) is 12.4 Å². The van der Waals surface area contributed by atoms with Gasteiger partial charge >= 0.3 is 0 Å². The van der Waals surface area contributed by atoms with Crippen molar-refractivity contribution < 1.29 is 14.5 Å². The smallest absolute Gasteiger partial charge is 0.225 e. The lowest BCUT2D eigenvalue weighted by atomic mass is 10.4. The summed E-state index contributed by atoms with van der Waals surface area (Å²) in [6.07, 6.45) is 1.53. The Balaban J connectivity index is 2.10. The van der Waals surface area contributed by atoms with Crippen molar-refractivity contribution in [3.8, 4) is 11.6 Å². The van der Waals surface area contributed by atoms with Crippen LogP contribution in [0.4, 0.5) is 0 Å². The Morgan fingerprint density at radius 1 is 1.41 bits per heavy atom. The van der Waals surface area contributed by atoms with Crippen LogP contribution >= 0.6 is 22.9 Å². The summed E-state index contributed by atoms with van der Waals surface area (Å²) in [6, 6.07) is 3.46. The number of halogens is 1. The maximum absolute atomic E-state index is 5.66. The number of thiophene rings is 1. The zero-order valence-electron chi connectivity index (χ0n) is 8.92. The van der Waals surface area contributed by atoms with Crippen molar-refractivity contribution in [2.24, 2.45) is 0 Å². The van der Waals surface area contributed by atoms with Crippen LogP contribution in [0.15, 0.2) is 23.7 Å². The second-order valence-electron chi connectivity index (χ2n) is 2.90. The molecule has 0 unspecified atom stereocenters. The van der Waals surface area contributed by atoms with Crippen molar-refractivity contribution in [3.63, 3.8) is 0 Å². The van der Waals surface area contributed by atoms with E-state index < -0.39 is 0 Å². The van der Waals surface area contributed by atoms with Gasteiger partial charge in [-0.15, -0.1) is 11.3 Å². The Labute approximate surface area is 107 Å². The van der Waals surface area contributed by atoms with Gasteiger partial charge in [0.15, 0.2) is 0 Å². The fourth-order valence-corrected chi connectivity index (χ4v) is 1.96. The molecule has 90 valence electrons. The molecule has 0 aliphatic carbocycles. The molecule has 0 aliphatic heterocycles. The van der Waals surface area contributed by atoms with Gasteiger partial charge in [0.05, 0.1) is 12.0 Å². The van der Waals surface area contributed by atoms with Crippen molar-refractivity contribution in [3.05, 3.63) is 33.9 Å². The summed E-state index contributed by atoms with van der Waals surface area (Å²) in [5.74, 6) is 1.06. The van der Waals surface area contributed by atoms with E-state index in [2.05, 4.69) is 14.9 Å². The van der Waals surface area contributed by atoms with E-state index >= 15 is 0 Å². The first-order valence-corrected chi connectivity index (χ1v) is 5.93. The van der Waals surface area contributed by atoms with Gasteiger partial charge < -0.3 is 4.74 Å². The average Bonchev–Trinajstić information content (AvgIpc) is 2.74. The summed E-state index contributed by atoms with van der Waals surface area (Å²) in [6.45, 7) is 0.322.